The van der Waals surface area contributed by atoms with E-state index in [1.165, 1.54) is 82.0 Å². The van der Waals surface area contributed by atoms with Gasteiger partial charge in [0.2, 0.25) is 0 Å². The van der Waals surface area contributed by atoms with Crippen molar-refractivity contribution in [3.05, 3.63) is 0 Å². The number of piperidine rings is 1. The Morgan fingerprint density at radius 3 is 1.15 bits per heavy atom. The second-order valence-electron chi connectivity index (χ2n) is 5.06. The van der Waals surface area contributed by atoms with Crippen LogP contribution in [0, 0.1) is 0 Å². The minimum absolute atomic E-state index is 1.50. The molecule has 0 amide bonds. The molecule has 0 unspecified atom stereocenters. The van der Waals surface area contributed by atoms with Crippen LogP contribution in [0.2, 0.25) is 0 Å². The molecule has 0 atom stereocenters. The molecular weight excluding hydrogens is 158 g/mol. The highest BCUT2D eigenvalue weighted by molar-refractivity contribution is 4.58. The zero-order valence-electron chi connectivity index (χ0n) is 8.93. The summed E-state index contributed by atoms with van der Waals surface area (Å²) in [7, 11) is 0. The van der Waals surface area contributed by atoms with Gasteiger partial charge in [-0.05, 0) is 44.9 Å². The van der Waals surface area contributed by atoms with Crippen molar-refractivity contribution in [2.45, 2.75) is 51.4 Å². The predicted molar refractivity (Wildman–Crippen MR) is 56.7 cm³/mol. The van der Waals surface area contributed by atoms with E-state index in [9.17, 15) is 0 Å². The molecular formula is C12H24N+. The maximum absolute atomic E-state index is 1.50. The molecule has 1 spiro atoms. The molecule has 2 heterocycles. The number of hydrogen-bond donors (Lipinski definition) is 0. The maximum atomic E-state index is 1.50. The van der Waals surface area contributed by atoms with Gasteiger partial charge in [0, 0.05) is 0 Å². The van der Waals surface area contributed by atoms with Crippen LogP contribution in [0.5, 0.6) is 0 Å². The Balaban J connectivity index is 1.91. The fourth-order valence-corrected chi connectivity index (χ4v) is 3.17. The molecule has 0 aromatic rings. The molecule has 76 valence electrons. The monoisotopic (exact) mass is 182 g/mol. The lowest BCUT2D eigenvalue weighted by Gasteiger charge is -2.42. The van der Waals surface area contributed by atoms with Crippen molar-refractivity contribution in [3.8, 4) is 0 Å². The molecule has 0 aromatic heterocycles. The first-order valence-corrected chi connectivity index (χ1v) is 6.26. The van der Waals surface area contributed by atoms with Crippen LogP contribution in [0.3, 0.4) is 0 Å². The van der Waals surface area contributed by atoms with Crippen LogP contribution < -0.4 is 0 Å². The molecule has 2 fully saturated rings. The highest BCUT2D eigenvalue weighted by Gasteiger charge is 2.29. The first-order chi connectivity index (χ1) is 6.41. The molecule has 1 heteroatoms. The van der Waals surface area contributed by atoms with E-state index in [0.717, 1.165) is 0 Å². The minimum Gasteiger partial charge on any atom is -0.324 e. The second-order valence-corrected chi connectivity index (χ2v) is 5.06. The maximum Gasteiger partial charge on any atom is 0.0786 e. The lowest BCUT2D eigenvalue weighted by atomic mass is 10.0. The third-order valence-electron chi connectivity index (χ3n) is 4.03. The van der Waals surface area contributed by atoms with Crippen molar-refractivity contribution in [2.24, 2.45) is 0 Å². The number of nitrogens with zero attached hydrogens (tertiary/aromatic N) is 1. The van der Waals surface area contributed by atoms with Gasteiger partial charge in [-0.25, -0.2) is 0 Å². The Morgan fingerprint density at radius 1 is 0.385 bits per heavy atom. The highest BCUT2D eigenvalue weighted by Crippen LogP contribution is 2.23. The van der Waals surface area contributed by atoms with Crippen LogP contribution in [0.1, 0.15) is 51.4 Å². The molecule has 2 aliphatic heterocycles. The Hall–Kier alpha value is -0.0400. The first kappa shape index (κ1) is 9.51. The summed E-state index contributed by atoms with van der Waals surface area (Å²) in [5.74, 6) is 0. The van der Waals surface area contributed by atoms with E-state index >= 15 is 0 Å². The fraction of sp³-hybridized carbons (Fsp3) is 1.00. The molecule has 0 radical (unpaired) electrons. The van der Waals surface area contributed by atoms with Crippen LogP contribution in [0.15, 0.2) is 0 Å². The van der Waals surface area contributed by atoms with Crippen molar-refractivity contribution in [2.75, 3.05) is 26.2 Å². The van der Waals surface area contributed by atoms with Gasteiger partial charge in [-0.1, -0.05) is 6.42 Å². The van der Waals surface area contributed by atoms with Crippen molar-refractivity contribution in [1.29, 1.82) is 0 Å². The molecule has 0 bridgehead atoms. The highest BCUT2D eigenvalue weighted by atomic mass is 15.3. The van der Waals surface area contributed by atoms with E-state index in [1.807, 2.05) is 0 Å². The summed E-state index contributed by atoms with van der Waals surface area (Å²) in [6.07, 6.45) is 12.0. The van der Waals surface area contributed by atoms with Crippen LogP contribution in [0.4, 0.5) is 0 Å². The van der Waals surface area contributed by atoms with E-state index in [2.05, 4.69) is 0 Å². The molecule has 0 N–H and O–H groups in total. The van der Waals surface area contributed by atoms with Gasteiger partial charge in [0.15, 0.2) is 0 Å². The van der Waals surface area contributed by atoms with Gasteiger partial charge in [-0.3, -0.25) is 0 Å². The fourth-order valence-electron chi connectivity index (χ4n) is 3.17. The van der Waals surface area contributed by atoms with Gasteiger partial charge >= 0.3 is 0 Å². The van der Waals surface area contributed by atoms with E-state index < -0.39 is 0 Å². The molecule has 2 rings (SSSR count). The zero-order chi connectivity index (χ0) is 8.99. The summed E-state index contributed by atoms with van der Waals surface area (Å²) in [5, 5.41) is 0. The van der Waals surface area contributed by atoms with Gasteiger partial charge in [-0.2, -0.15) is 0 Å². The lowest BCUT2D eigenvalue weighted by Crippen LogP contribution is -2.52. The predicted octanol–water partition coefficient (Wildman–Crippen LogP) is 2.95. The average Bonchev–Trinajstić information content (AvgIpc) is 2.14. The lowest BCUT2D eigenvalue weighted by molar-refractivity contribution is -0.933. The summed E-state index contributed by atoms with van der Waals surface area (Å²) >= 11 is 0. The average molecular weight is 182 g/mol. The smallest absolute Gasteiger partial charge is 0.0786 e. The first-order valence-electron chi connectivity index (χ1n) is 6.26. The number of rotatable bonds is 0. The Morgan fingerprint density at radius 2 is 0.692 bits per heavy atom. The number of quaternary nitrogens is 1. The van der Waals surface area contributed by atoms with Gasteiger partial charge in [0.25, 0.3) is 0 Å². The number of hydrogen-bond acceptors (Lipinski definition) is 0. The second kappa shape index (κ2) is 4.45. The summed E-state index contributed by atoms with van der Waals surface area (Å²) in [4.78, 5) is 0. The minimum atomic E-state index is 1.50. The molecule has 0 aliphatic carbocycles. The summed E-state index contributed by atoms with van der Waals surface area (Å²) < 4.78 is 1.50. The molecule has 0 saturated carbocycles. The summed E-state index contributed by atoms with van der Waals surface area (Å²) in [6.45, 7) is 6.00. The van der Waals surface area contributed by atoms with Crippen LogP contribution in [0.25, 0.3) is 0 Å². The van der Waals surface area contributed by atoms with Gasteiger partial charge < -0.3 is 4.48 Å². The quantitative estimate of drug-likeness (QED) is 0.505. The molecule has 2 saturated heterocycles. The van der Waals surface area contributed by atoms with Crippen LogP contribution in [-0.4, -0.2) is 30.7 Å². The topological polar surface area (TPSA) is 0 Å². The normalized spacial score (nSPS) is 29.5. The Labute approximate surface area is 82.7 Å². The van der Waals surface area contributed by atoms with Crippen LogP contribution in [-0.2, 0) is 0 Å². The van der Waals surface area contributed by atoms with Gasteiger partial charge in [0.1, 0.15) is 0 Å². The zero-order valence-corrected chi connectivity index (χ0v) is 8.93. The van der Waals surface area contributed by atoms with Crippen molar-refractivity contribution in [3.63, 3.8) is 0 Å². The van der Waals surface area contributed by atoms with E-state index in [4.69, 9.17) is 0 Å². The summed E-state index contributed by atoms with van der Waals surface area (Å²) in [5.41, 5.74) is 0. The SMILES string of the molecule is C1CCC[N+]2(CCC1)CCCCC2. The molecule has 0 aromatic carbocycles. The van der Waals surface area contributed by atoms with Crippen molar-refractivity contribution < 1.29 is 4.48 Å². The van der Waals surface area contributed by atoms with Gasteiger partial charge in [0.05, 0.1) is 26.2 Å². The summed E-state index contributed by atoms with van der Waals surface area (Å²) in [6, 6.07) is 0. The van der Waals surface area contributed by atoms with Gasteiger partial charge in [-0.15, -0.1) is 0 Å². The standard InChI is InChI=1S/C12H24N/c1-2-5-9-13(10-6-3-1)11-7-4-8-12-13/h1-12H2/q+1. The third-order valence-corrected chi connectivity index (χ3v) is 4.03. The van der Waals surface area contributed by atoms with Crippen molar-refractivity contribution in [1.82, 2.24) is 0 Å². The third kappa shape index (κ3) is 2.46. The molecule has 1 nitrogen and oxygen atoms in total. The van der Waals surface area contributed by atoms with Crippen LogP contribution >= 0.6 is 0 Å². The van der Waals surface area contributed by atoms with Crippen molar-refractivity contribution >= 4 is 0 Å². The van der Waals surface area contributed by atoms with E-state index in [-0.39, 0.29) is 0 Å². The van der Waals surface area contributed by atoms with E-state index in [0.29, 0.717) is 0 Å². The van der Waals surface area contributed by atoms with E-state index in [1.54, 1.807) is 0 Å². The Kier molecular flexibility index (Phi) is 3.26. The largest absolute Gasteiger partial charge is 0.324 e. The molecule has 2 aliphatic rings. The Bertz CT molecular complexity index is 137. The molecule has 13 heavy (non-hydrogen) atoms.